The van der Waals surface area contributed by atoms with Crippen molar-refractivity contribution < 1.29 is 9.31 Å². The first-order chi connectivity index (χ1) is 13.6. The van der Waals surface area contributed by atoms with Crippen molar-refractivity contribution in [2.45, 2.75) is 76.7 Å². The molecular weight excluding hydrogens is 363 g/mol. The molecule has 2 fully saturated rings. The van der Waals surface area contributed by atoms with Gasteiger partial charge in [0.2, 0.25) is 5.95 Å². The highest BCUT2D eigenvalue weighted by Crippen LogP contribution is 2.36. The van der Waals surface area contributed by atoms with Gasteiger partial charge in [-0.1, -0.05) is 12.1 Å². The van der Waals surface area contributed by atoms with E-state index >= 15 is 0 Å². The van der Waals surface area contributed by atoms with E-state index in [1.807, 2.05) is 18.3 Å². The summed E-state index contributed by atoms with van der Waals surface area (Å²) < 4.78 is 12.3. The monoisotopic (exact) mass is 396 g/mol. The van der Waals surface area contributed by atoms with Crippen LogP contribution in [-0.4, -0.2) is 59.4 Å². The number of hydrogen-bond donors (Lipinski definition) is 1. The van der Waals surface area contributed by atoms with Crippen LogP contribution in [-0.2, 0) is 9.31 Å². The van der Waals surface area contributed by atoms with E-state index in [0.717, 1.165) is 22.8 Å². The molecule has 7 heteroatoms. The lowest BCUT2D eigenvalue weighted by atomic mass is 9.78. The molecule has 1 aliphatic carbocycles. The average Bonchev–Trinajstić information content (AvgIpc) is 2.89. The molecule has 1 aromatic carbocycles. The Morgan fingerprint density at radius 1 is 1.10 bits per heavy atom. The predicted molar refractivity (Wildman–Crippen MR) is 119 cm³/mol. The van der Waals surface area contributed by atoms with Crippen molar-refractivity contribution in [1.82, 2.24) is 14.9 Å². The van der Waals surface area contributed by atoms with Crippen LogP contribution >= 0.6 is 0 Å². The molecule has 156 valence electrons. The van der Waals surface area contributed by atoms with Crippen LogP contribution in [0.5, 0.6) is 0 Å². The fraction of sp³-hybridized carbons (Fsp3) is 0.636. The van der Waals surface area contributed by atoms with Gasteiger partial charge < -0.3 is 19.5 Å². The zero-order valence-corrected chi connectivity index (χ0v) is 18.5. The van der Waals surface area contributed by atoms with Gasteiger partial charge in [-0.25, -0.2) is 9.97 Å². The molecule has 0 spiro atoms. The summed E-state index contributed by atoms with van der Waals surface area (Å²) in [5, 5.41) is 4.55. The van der Waals surface area contributed by atoms with Crippen molar-refractivity contribution >= 4 is 29.4 Å². The fourth-order valence-electron chi connectivity index (χ4n) is 4.19. The second kappa shape index (κ2) is 7.53. The summed E-state index contributed by atoms with van der Waals surface area (Å²) in [5.74, 6) is 0.713. The third-order valence-electron chi connectivity index (χ3n) is 6.84. The zero-order chi connectivity index (χ0) is 20.8. The summed E-state index contributed by atoms with van der Waals surface area (Å²) in [6.45, 7) is 8.28. The lowest BCUT2D eigenvalue weighted by molar-refractivity contribution is 0.00578. The second-order valence-corrected chi connectivity index (χ2v) is 9.73. The number of hydrogen-bond acceptors (Lipinski definition) is 6. The quantitative estimate of drug-likeness (QED) is 0.801. The Bertz CT molecular complexity index is 870. The number of nitrogens with zero attached hydrogens (tertiary/aromatic N) is 3. The average molecular weight is 396 g/mol. The summed E-state index contributed by atoms with van der Waals surface area (Å²) in [6, 6.07) is 7.21. The molecule has 1 saturated heterocycles. The molecule has 29 heavy (non-hydrogen) atoms. The smallest absolute Gasteiger partial charge is 0.399 e. The van der Waals surface area contributed by atoms with Gasteiger partial charge in [0.15, 0.2) is 0 Å². The van der Waals surface area contributed by atoms with Crippen LogP contribution in [0.15, 0.2) is 24.4 Å². The van der Waals surface area contributed by atoms with E-state index in [9.17, 15) is 0 Å². The van der Waals surface area contributed by atoms with Crippen molar-refractivity contribution in [3.05, 3.63) is 24.4 Å². The van der Waals surface area contributed by atoms with Crippen LogP contribution in [0.25, 0.3) is 10.9 Å². The van der Waals surface area contributed by atoms with Gasteiger partial charge in [0.1, 0.15) is 0 Å². The van der Waals surface area contributed by atoms with Gasteiger partial charge in [0.25, 0.3) is 0 Å². The van der Waals surface area contributed by atoms with Gasteiger partial charge in [0, 0.05) is 23.7 Å². The normalized spacial score (nSPS) is 26.2. The highest BCUT2D eigenvalue weighted by Gasteiger charge is 2.51. The first kappa shape index (κ1) is 20.6. The largest absolute Gasteiger partial charge is 0.494 e. The Balaban J connectivity index is 1.49. The molecule has 4 rings (SSSR count). The maximum absolute atomic E-state index is 6.17. The van der Waals surface area contributed by atoms with Gasteiger partial charge in [-0.3, -0.25) is 0 Å². The molecule has 6 nitrogen and oxygen atoms in total. The Morgan fingerprint density at radius 3 is 2.52 bits per heavy atom. The number of fused-ring (bicyclic) bond motifs is 1. The van der Waals surface area contributed by atoms with E-state index in [-0.39, 0.29) is 18.3 Å². The van der Waals surface area contributed by atoms with Crippen molar-refractivity contribution in [3.8, 4) is 0 Å². The third kappa shape index (κ3) is 4.13. The zero-order valence-electron chi connectivity index (χ0n) is 18.5. The van der Waals surface area contributed by atoms with E-state index < -0.39 is 0 Å². The molecule has 2 heterocycles. The lowest BCUT2D eigenvalue weighted by Gasteiger charge is -2.33. The molecule has 2 aromatic rings. The summed E-state index contributed by atoms with van der Waals surface area (Å²) in [6.07, 6.45) is 6.71. The van der Waals surface area contributed by atoms with Crippen LogP contribution in [0.4, 0.5) is 5.95 Å². The molecule has 0 bridgehead atoms. The minimum atomic E-state index is -0.368. The highest BCUT2D eigenvalue weighted by atomic mass is 16.7. The third-order valence-corrected chi connectivity index (χ3v) is 6.84. The van der Waals surface area contributed by atoms with Crippen LogP contribution < -0.4 is 10.8 Å². The van der Waals surface area contributed by atoms with E-state index in [4.69, 9.17) is 14.3 Å². The molecular formula is C22H33BN4O2. The Morgan fingerprint density at radius 2 is 1.83 bits per heavy atom. The maximum atomic E-state index is 6.17. The van der Waals surface area contributed by atoms with E-state index in [0.29, 0.717) is 18.0 Å². The Kier molecular flexibility index (Phi) is 5.34. The Labute approximate surface area is 174 Å². The standard InChI is InChI=1S/C22H33BN4O2/c1-21(2)22(3,4)29-23(28-21)16-10-11-19-15(12-16)14-24-20(26-19)25-17-8-7-9-18(13-17)27(5)6/h10-12,14,17-18H,7-9,13H2,1-6H3,(H,24,25,26)/t17-,18-/m1/s1. The molecule has 0 amide bonds. The van der Waals surface area contributed by atoms with Gasteiger partial charge in [-0.15, -0.1) is 0 Å². The van der Waals surface area contributed by atoms with Crippen molar-refractivity contribution in [1.29, 1.82) is 0 Å². The van der Waals surface area contributed by atoms with Crippen molar-refractivity contribution in [3.63, 3.8) is 0 Å². The van der Waals surface area contributed by atoms with Crippen LogP contribution in [0.2, 0.25) is 0 Å². The number of benzene rings is 1. The number of rotatable bonds is 4. The Hall–Kier alpha value is -1.70. The topological polar surface area (TPSA) is 59.5 Å². The fourth-order valence-corrected chi connectivity index (χ4v) is 4.19. The number of anilines is 1. The number of nitrogens with one attached hydrogen (secondary N) is 1. The van der Waals surface area contributed by atoms with Gasteiger partial charge >= 0.3 is 7.12 Å². The minimum Gasteiger partial charge on any atom is -0.399 e. The number of aromatic nitrogens is 2. The molecule has 2 aliphatic rings. The summed E-state index contributed by atoms with van der Waals surface area (Å²) in [4.78, 5) is 11.7. The van der Waals surface area contributed by atoms with Crippen molar-refractivity contribution in [2.75, 3.05) is 19.4 Å². The first-order valence-corrected chi connectivity index (χ1v) is 10.7. The molecule has 2 atom stereocenters. The van der Waals surface area contributed by atoms with Crippen molar-refractivity contribution in [2.24, 2.45) is 0 Å². The molecule has 1 N–H and O–H groups in total. The van der Waals surface area contributed by atoms with Gasteiger partial charge in [0.05, 0.1) is 16.7 Å². The van der Waals surface area contributed by atoms with Crippen LogP contribution in [0.1, 0.15) is 53.4 Å². The molecule has 0 radical (unpaired) electrons. The van der Waals surface area contributed by atoms with E-state index in [1.54, 1.807) is 0 Å². The molecule has 1 aliphatic heterocycles. The minimum absolute atomic E-state index is 0.346. The molecule has 0 unspecified atom stereocenters. The maximum Gasteiger partial charge on any atom is 0.494 e. The van der Waals surface area contributed by atoms with E-state index in [2.05, 4.69) is 63.1 Å². The summed E-state index contributed by atoms with van der Waals surface area (Å²) >= 11 is 0. The molecule has 1 saturated carbocycles. The van der Waals surface area contributed by atoms with Gasteiger partial charge in [-0.2, -0.15) is 0 Å². The predicted octanol–water partition coefficient (Wildman–Crippen LogP) is 3.21. The molecule has 1 aromatic heterocycles. The van der Waals surface area contributed by atoms with Crippen LogP contribution in [0, 0.1) is 0 Å². The highest BCUT2D eigenvalue weighted by molar-refractivity contribution is 6.62. The SMILES string of the molecule is CN(C)[C@@H]1CCC[C@@H](Nc2ncc3cc(B4OC(C)(C)C(C)(C)O4)ccc3n2)C1. The van der Waals surface area contributed by atoms with Crippen LogP contribution in [0.3, 0.4) is 0 Å². The second-order valence-electron chi connectivity index (χ2n) is 9.73. The first-order valence-electron chi connectivity index (χ1n) is 10.7. The van der Waals surface area contributed by atoms with E-state index in [1.165, 1.54) is 19.3 Å². The summed E-state index contributed by atoms with van der Waals surface area (Å²) in [5.41, 5.74) is 1.24. The summed E-state index contributed by atoms with van der Waals surface area (Å²) in [7, 11) is 3.96. The lowest BCUT2D eigenvalue weighted by Crippen LogP contribution is -2.41. The van der Waals surface area contributed by atoms with Gasteiger partial charge in [-0.05, 0) is 79.0 Å².